The molecule has 1 aromatic rings. The average molecular weight is 271 g/mol. The summed E-state index contributed by atoms with van der Waals surface area (Å²) in [5.41, 5.74) is -0.0948. The lowest BCUT2D eigenvalue weighted by molar-refractivity contribution is -0.133. The Morgan fingerprint density at radius 2 is 2.11 bits per heavy atom. The van der Waals surface area contributed by atoms with Gasteiger partial charge in [-0.2, -0.15) is 0 Å². The van der Waals surface area contributed by atoms with E-state index in [0.717, 1.165) is 37.4 Å². The van der Waals surface area contributed by atoms with E-state index in [1.165, 1.54) is 0 Å². The summed E-state index contributed by atoms with van der Waals surface area (Å²) in [5, 5.41) is 26.6. The fourth-order valence-electron chi connectivity index (χ4n) is 2.53. The van der Waals surface area contributed by atoms with Crippen LogP contribution in [0, 0.1) is 0 Å². The van der Waals surface area contributed by atoms with E-state index < -0.39 is 5.97 Å². The third-order valence-corrected chi connectivity index (χ3v) is 4.30. The number of carboxylic acid groups (broad SMARTS) is 1. The van der Waals surface area contributed by atoms with Crippen LogP contribution in [0.2, 0.25) is 0 Å². The highest BCUT2D eigenvalue weighted by atomic mass is 32.2. The molecule has 0 bridgehead atoms. The fraction of sp³-hybridized carbons (Fsp3) is 0.727. The van der Waals surface area contributed by atoms with Crippen LogP contribution in [0.15, 0.2) is 5.16 Å². The Balaban J connectivity index is 2.30. The van der Waals surface area contributed by atoms with Crippen molar-refractivity contribution >= 4 is 17.7 Å². The van der Waals surface area contributed by atoms with Crippen LogP contribution in [0.1, 0.15) is 38.4 Å². The van der Waals surface area contributed by atoms with Crippen molar-refractivity contribution in [2.45, 2.75) is 49.9 Å². The Hall–Kier alpha value is -1.08. The van der Waals surface area contributed by atoms with E-state index >= 15 is 0 Å². The molecule has 0 spiro atoms. The maximum absolute atomic E-state index is 10.6. The number of aliphatic carboxylic acids is 1. The number of rotatable bonds is 5. The van der Waals surface area contributed by atoms with Crippen LogP contribution in [0.3, 0.4) is 0 Å². The molecule has 1 aliphatic rings. The molecule has 18 heavy (non-hydrogen) atoms. The summed E-state index contributed by atoms with van der Waals surface area (Å²) >= 11 is 1.16. The largest absolute Gasteiger partial charge is 0.481 e. The van der Waals surface area contributed by atoms with E-state index in [1.807, 2.05) is 4.57 Å². The van der Waals surface area contributed by atoms with Gasteiger partial charge in [-0.25, -0.2) is 0 Å². The molecule has 0 saturated heterocycles. The number of nitrogens with zero attached hydrogens (tertiary/aromatic N) is 3. The van der Waals surface area contributed by atoms with E-state index in [1.54, 1.807) is 0 Å². The van der Waals surface area contributed by atoms with Crippen molar-refractivity contribution in [3.8, 4) is 0 Å². The zero-order valence-electron chi connectivity index (χ0n) is 10.3. The van der Waals surface area contributed by atoms with Crippen LogP contribution >= 0.6 is 11.8 Å². The minimum absolute atomic E-state index is 0.0420. The molecule has 0 unspecified atom stereocenters. The predicted molar refractivity (Wildman–Crippen MR) is 66.4 cm³/mol. The fourth-order valence-corrected chi connectivity index (χ4v) is 3.33. The molecular weight excluding hydrogens is 254 g/mol. The summed E-state index contributed by atoms with van der Waals surface area (Å²) in [5.74, 6) is -0.399. The smallest absolute Gasteiger partial charge is 0.313 e. The van der Waals surface area contributed by atoms with Gasteiger partial charge >= 0.3 is 5.97 Å². The number of thioether (sulfide) groups is 1. The van der Waals surface area contributed by atoms with E-state index in [-0.39, 0.29) is 17.9 Å². The second-order valence-electron chi connectivity index (χ2n) is 4.78. The summed E-state index contributed by atoms with van der Waals surface area (Å²) in [6.07, 6.45) is 4.31. The van der Waals surface area contributed by atoms with Gasteiger partial charge in [0, 0.05) is 5.54 Å². The number of aliphatic hydroxyl groups is 1. The summed E-state index contributed by atoms with van der Waals surface area (Å²) in [4.78, 5) is 10.6. The van der Waals surface area contributed by atoms with Crippen LogP contribution < -0.4 is 0 Å². The van der Waals surface area contributed by atoms with Crippen molar-refractivity contribution in [3.05, 3.63) is 5.82 Å². The van der Waals surface area contributed by atoms with Gasteiger partial charge in [0.25, 0.3) is 0 Å². The molecule has 0 aliphatic heterocycles. The lowest BCUT2D eigenvalue weighted by Crippen LogP contribution is -2.29. The van der Waals surface area contributed by atoms with Gasteiger partial charge < -0.3 is 10.2 Å². The maximum Gasteiger partial charge on any atom is 0.313 e. The molecule has 1 fully saturated rings. The highest BCUT2D eigenvalue weighted by molar-refractivity contribution is 7.99. The lowest BCUT2D eigenvalue weighted by atomic mass is 10.0. The Labute approximate surface area is 109 Å². The molecule has 2 N–H and O–H groups in total. The molecular formula is C11H17N3O3S. The number of aliphatic hydroxyl groups excluding tert-OH is 1. The van der Waals surface area contributed by atoms with Gasteiger partial charge in [0.2, 0.25) is 0 Å². The summed E-state index contributed by atoms with van der Waals surface area (Å²) in [6, 6.07) is 0. The first kappa shape index (κ1) is 13.4. The monoisotopic (exact) mass is 271 g/mol. The van der Waals surface area contributed by atoms with E-state index in [4.69, 9.17) is 5.11 Å². The maximum atomic E-state index is 10.6. The molecule has 1 heterocycles. The second-order valence-corrected chi connectivity index (χ2v) is 5.72. The van der Waals surface area contributed by atoms with E-state index in [0.29, 0.717) is 11.0 Å². The summed E-state index contributed by atoms with van der Waals surface area (Å²) < 4.78 is 1.92. The summed E-state index contributed by atoms with van der Waals surface area (Å²) in [7, 11) is 0. The molecule has 0 amide bonds. The van der Waals surface area contributed by atoms with E-state index in [2.05, 4.69) is 17.1 Å². The quantitative estimate of drug-likeness (QED) is 0.783. The average Bonchev–Trinajstić information content (AvgIpc) is 2.92. The van der Waals surface area contributed by atoms with Gasteiger partial charge in [-0.3, -0.25) is 9.36 Å². The number of carboxylic acids is 1. The second kappa shape index (κ2) is 5.27. The van der Waals surface area contributed by atoms with Crippen molar-refractivity contribution in [2.24, 2.45) is 0 Å². The molecule has 0 atom stereocenters. The highest BCUT2D eigenvalue weighted by Crippen LogP contribution is 2.39. The van der Waals surface area contributed by atoms with E-state index in [9.17, 15) is 9.90 Å². The predicted octanol–water partition coefficient (Wildman–Crippen LogP) is 1.24. The number of carbonyl (C=O) groups is 1. The third kappa shape index (κ3) is 2.51. The zero-order chi connectivity index (χ0) is 13.2. The Bertz CT molecular complexity index is 441. The van der Waals surface area contributed by atoms with Crippen LogP contribution in [0.5, 0.6) is 0 Å². The molecule has 6 nitrogen and oxygen atoms in total. The number of hydrogen-bond acceptors (Lipinski definition) is 5. The van der Waals surface area contributed by atoms with Gasteiger partial charge in [0.1, 0.15) is 6.61 Å². The molecule has 1 saturated carbocycles. The van der Waals surface area contributed by atoms with Gasteiger partial charge in [-0.15, -0.1) is 10.2 Å². The topological polar surface area (TPSA) is 88.2 Å². The van der Waals surface area contributed by atoms with Crippen LogP contribution in [-0.2, 0) is 16.9 Å². The Morgan fingerprint density at radius 1 is 1.44 bits per heavy atom. The van der Waals surface area contributed by atoms with Crippen molar-refractivity contribution < 1.29 is 15.0 Å². The molecule has 2 rings (SSSR count). The third-order valence-electron chi connectivity index (χ3n) is 3.39. The van der Waals surface area contributed by atoms with Crippen LogP contribution in [0.25, 0.3) is 0 Å². The lowest BCUT2D eigenvalue weighted by Gasteiger charge is -2.28. The Kier molecular flexibility index (Phi) is 3.91. The van der Waals surface area contributed by atoms with Crippen LogP contribution in [0.4, 0.5) is 0 Å². The SMILES string of the molecule is CC1(n2c(CO)nnc2SCC(=O)O)CCCC1. The zero-order valence-corrected chi connectivity index (χ0v) is 11.1. The highest BCUT2D eigenvalue weighted by Gasteiger charge is 2.35. The minimum Gasteiger partial charge on any atom is -0.481 e. The number of aromatic nitrogens is 3. The molecule has 1 aromatic heterocycles. The van der Waals surface area contributed by atoms with Crippen molar-refractivity contribution in [3.63, 3.8) is 0 Å². The van der Waals surface area contributed by atoms with Crippen molar-refractivity contribution in [1.29, 1.82) is 0 Å². The van der Waals surface area contributed by atoms with Gasteiger partial charge in [-0.1, -0.05) is 24.6 Å². The Morgan fingerprint density at radius 3 is 2.67 bits per heavy atom. The van der Waals surface area contributed by atoms with Gasteiger partial charge in [0.05, 0.1) is 5.75 Å². The molecule has 7 heteroatoms. The first-order chi connectivity index (χ1) is 8.57. The normalized spacial score (nSPS) is 18.1. The standard InChI is InChI=1S/C11H17N3O3S/c1-11(4-2-3-5-11)14-8(6-15)12-13-10(14)18-7-9(16)17/h15H,2-7H2,1H3,(H,16,17). The van der Waals surface area contributed by atoms with Crippen molar-refractivity contribution in [2.75, 3.05) is 5.75 Å². The minimum atomic E-state index is -0.878. The molecule has 0 radical (unpaired) electrons. The van der Waals surface area contributed by atoms with Gasteiger partial charge in [0.15, 0.2) is 11.0 Å². The van der Waals surface area contributed by atoms with Crippen molar-refractivity contribution in [1.82, 2.24) is 14.8 Å². The number of hydrogen-bond donors (Lipinski definition) is 2. The van der Waals surface area contributed by atoms with Crippen LogP contribution in [-0.4, -0.2) is 36.7 Å². The molecule has 0 aromatic carbocycles. The van der Waals surface area contributed by atoms with Gasteiger partial charge in [-0.05, 0) is 19.8 Å². The molecule has 1 aliphatic carbocycles. The first-order valence-electron chi connectivity index (χ1n) is 5.97. The first-order valence-corrected chi connectivity index (χ1v) is 6.95. The molecule has 100 valence electrons. The summed E-state index contributed by atoms with van der Waals surface area (Å²) in [6.45, 7) is 1.95.